The number of nitrogens with one attached hydrogen (secondary N) is 1. The minimum atomic E-state index is -0.225. The van der Waals surface area contributed by atoms with Crippen LogP contribution in [-0.2, 0) is 13.1 Å². The third-order valence-electron chi connectivity index (χ3n) is 3.34. The molecule has 1 aromatic carbocycles. The summed E-state index contributed by atoms with van der Waals surface area (Å²) in [6.07, 6.45) is 0. The highest BCUT2D eigenvalue weighted by Gasteiger charge is 2.20. The molecule has 0 saturated carbocycles. The fourth-order valence-corrected chi connectivity index (χ4v) is 2.29. The maximum atomic E-state index is 13.0. The molecule has 3 rings (SSSR count). The Morgan fingerprint density at radius 1 is 1.10 bits per heavy atom. The van der Waals surface area contributed by atoms with Gasteiger partial charge in [-0.05, 0) is 24.3 Å². The number of benzene rings is 1. The van der Waals surface area contributed by atoms with Crippen LogP contribution in [0.5, 0.6) is 0 Å². The summed E-state index contributed by atoms with van der Waals surface area (Å²) in [6.45, 7) is 5.73. The van der Waals surface area contributed by atoms with Crippen LogP contribution in [0.15, 0.2) is 24.3 Å². The lowest BCUT2D eigenvalue weighted by Gasteiger charge is -2.11. The van der Waals surface area contributed by atoms with E-state index in [1.807, 2.05) is 0 Å². The van der Waals surface area contributed by atoms with E-state index in [0.29, 0.717) is 0 Å². The van der Waals surface area contributed by atoms with Gasteiger partial charge in [0.1, 0.15) is 11.6 Å². The van der Waals surface area contributed by atoms with Crippen LogP contribution in [-0.4, -0.2) is 9.97 Å². The zero-order valence-electron chi connectivity index (χ0n) is 11.5. The first-order valence-corrected chi connectivity index (χ1v) is 6.51. The van der Waals surface area contributed by atoms with Crippen molar-refractivity contribution in [3.63, 3.8) is 0 Å². The zero-order valence-corrected chi connectivity index (χ0v) is 12.3. The van der Waals surface area contributed by atoms with Gasteiger partial charge < -0.3 is 5.32 Å². The minimum Gasteiger partial charge on any atom is -0.307 e. The van der Waals surface area contributed by atoms with Crippen molar-refractivity contribution in [2.75, 3.05) is 0 Å². The molecule has 5 heteroatoms. The number of hydrogen-bond acceptors (Lipinski definition) is 3. The first kappa shape index (κ1) is 14.9. The topological polar surface area (TPSA) is 37.8 Å². The van der Waals surface area contributed by atoms with Crippen LogP contribution in [0.1, 0.15) is 36.8 Å². The van der Waals surface area contributed by atoms with Crippen molar-refractivity contribution in [3.8, 4) is 11.3 Å². The molecule has 0 atom stereocenters. The van der Waals surface area contributed by atoms with Gasteiger partial charge in [0, 0.05) is 30.1 Å². The van der Waals surface area contributed by atoms with Gasteiger partial charge in [-0.2, -0.15) is 0 Å². The molecule has 2 heterocycles. The number of aromatic nitrogens is 2. The fraction of sp³-hybridized carbons (Fsp3) is 0.333. The van der Waals surface area contributed by atoms with Crippen LogP contribution in [0.2, 0.25) is 0 Å². The molecule has 0 bridgehead atoms. The molecule has 0 radical (unpaired) electrons. The van der Waals surface area contributed by atoms with Crippen LogP contribution in [0.4, 0.5) is 4.39 Å². The van der Waals surface area contributed by atoms with E-state index >= 15 is 0 Å². The molecule has 1 aromatic heterocycles. The molecule has 3 nitrogen and oxygen atoms in total. The molecule has 0 spiro atoms. The Morgan fingerprint density at radius 2 is 1.80 bits per heavy atom. The summed E-state index contributed by atoms with van der Waals surface area (Å²) in [7, 11) is 0. The molecule has 106 valence electrons. The van der Waals surface area contributed by atoms with E-state index in [1.54, 1.807) is 12.1 Å². The van der Waals surface area contributed by atoms with Crippen molar-refractivity contribution in [2.45, 2.75) is 32.9 Å². The van der Waals surface area contributed by atoms with Crippen molar-refractivity contribution in [2.24, 2.45) is 0 Å². The van der Waals surface area contributed by atoms with E-state index in [0.717, 1.165) is 41.4 Å². The smallest absolute Gasteiger partial charge is 0.131 e. The van der Waals surface area contributed by atoms with Gasteiger partial charge in [-0.1, -0.05) is 13.8 Å². The van der Waals surface area contributed by atoms with E-state index in [4.69, 9.17) is 0 Å². The summed E-state index contributed by atoms with van der Waals surface area (Å²) in [5, 5.41) is 3.30. The molecule has 20 heavy (non-hydrogen) atoms. The molecule has 1 aliphatic rings. The predicted molar refractivity (Wildman–Crippen MR) is 79.3 cm³/mol. The Hall–Kier alpha value is -1.52. The molecule has 0 fully saturated rings. The van der Waals surface area contributed by atoms with Gasteiger partial charge in [-0.25, -0.2) is 14.4 Å². The Kier molecular flexibility index (Phi) is 4.35. The maximum Gasteiger partial charge on any atom is 0.131 e. The van der Waals surface area contributed by atoms with Crippen molar-refractivity contribution >= 4 is 12.4 Å². The maximum absolute atomic E-state index is 13.0. The number of hydrogen-bond donors (Lipinski definition) is 1. The van der Waals surface area contributed by atoms with E-state index in [1.165, 1.54) is 12.1 Å². The van der Waals surface area contributed by atoms with Crippen LogP contribution in [0, 0.1) is 5.82 Å². The third-order valence-corrected chi connectivity index (χ3v) is 3.34. The Balaban J connectivity index is 0.00000147. The Morgan fingerprint density at radius 3 is 2.45 bits per heavy atom. The summed E-state index contributed by atoms with van der Waals surface area (Å²) in [5.41, 5.74) is 4.08. The summed E-state index contributed by atoms with van der Waals surface area (Å²) in [4.78, 5) is 9.28. The van der Waals surface area contributed by atoms with E-state index < -0.39 is 0 Å². The average molecular weight is 294 g/mol. The average Bonchev–Trinajstić information content (AvgIpc) is 2.86. The summed E-state index contributed by atoms with van der Waals surface area (Å²) in [6, 6.07) is 6.50. The lowest BCUT2D eigenvalue weighted by Crippen LogP contribution is -2.04. The van der Waals surface area contributed by atoms with E-state index in [2.05, 4.69) is 29.1 Å². The first-order chi connectivity index (χ1) is 9.15. The summed E-state index contributed by atoms with van der Waals surface area (Å²) >= 11 is 0. The number of fused-ring (bicyclic) bond motifs is 1. The second kappa shape index (κ2) is 5.85. The van der Waals surface area contributed by atoms with Crippen LogP contribution < -0.4 is 5.32 Å². The SMILES string of the molecule is CC(C)c1nc2c(c(-c3ccc(F)cc3)n1)CNC2.Cl. The highest BCUT2D eigenvalue weighted by molar-refractivity contribution is 5.85. The van der Waals surface area contributed by atoms with Gasteiger partial charge >= 0.3 is 0 Å². The second-order valence-electron chi connectivity index (χ2n) is 5.12. The third kappa shape index (κ3) is 2.67. The quantitative estimate of drug-likeness (QED) is 0.922. The first-order valence-electron chi connectivity index (χ1n) is 6.51. The molecule has 0 saturated heterocycles. The highest BCUT2D eigenvalue weighted by atomic mass is 35.5. The van der Waals surface area contributed by atoms with Crippen molar-refractivity contribution in [3.05, 3.63) is 47.2 Å². The number of nitrogens with zero attached hydrogens (tertiary/aromatic N) is 2. The molecule has 2 aromatic rings. The molecule has 1 aliphatic heterocycles. The summed E-state index contributed by atoms with van der Waals surface area (Å²) < 4.78 is 13.0. The standard InChI is InChI=1S/C15H16FN3.ClH/c1-9(2)15-18-13-8-17-7-12(13)14(19-15)10-3-5-11(16)6-4-10;/h3-6,9,17H,7-8H2,1-2H3;1H. The van der Waals surface area contributed by atoms with Crippen LogP contribution >= 0.6 is 12.4 Å². The van der Waals surface area contributed by atoms with Gasteiger partial charge in [0.05, 0.1) is 11.4 Å². The second-order valence-corrected chi connectivity index (χ2v) is 5.12. The number of halogens is 2. The van der Waals surface area contributed by atoms with Gasteiger partial charge in [-0.15, -0.1) is 12.4 Å². The lowest BCUT2D eigenvalue weighted by molar-refractivity contribution is 0.628. The van der Waals surface area contributed by atoms with Gasteiger partial charge in [0.25, 0.3) is 0 Å². The molecular formula is C15H17ClFN3. The van der Waals surface area contributed by atoms with Gasteiger partial charge in [0.15, 0.2) is 0 Å². The van der Waals surface area contributed by atoms with Crippen molar-refractivity contribution in [1.29, 1.82) is 0 Å². The van der Waals surface area contributed by atoms with E-state index in [-0.39, 0.29) is 24.1 Å². The Bertz CT molecular complexity index is 611. The lowest BCUT2D eigenvalue weighted by atomic mass is 10.0. The molecule has 0 unspecified atom stereocenters. The highest BCUT2D eigenvalue weighted by Crippen LogP contribution is 2.28. The van der Waals surface area contributed by atoms with Crippen molar-refractivity contribution in [1.82, 2.24) is 15.3 Å². The van der Waals surface area contributed by atoms with Gasteiger partial charge in [-0.3, -0.25) is 0 Å². The predicted octanol–water partition coefficient (Wildman–Crippen LogP) is 3.43. The molecular weight excluding hydrogens is 277 g/mol. The Labute approximate surface area is 124 Å². The largest absolute Gasteiger partial charge is 0.307 e. The number of rotatable bonds is 2. The van der Waals surface area contributed by atoms with E-state index in [9.17, 15) is 4.39 Å². The normalized spacial score (nSPS) is 13.2. The minimum absolute atomic E-state index is 0. The summed E-state index contributed by atoms with van der Waals surface area (Å²) in [5.74, 6) is 0.906. The monoisotopic (exact) mass is 293 g/mol. The fourth-order valence-electron chi connectivity index (χ4n) is 2.29. The molecule has 0 aliphatic carbocycles. The van der Waals surface area contributed by atoms with Crippen molar-refractivity contribution < 1.29 is 4.39 Å². The molecule has 0 amide bonds. The zero-order chi connectivity index (χ0) is 13.4. The van der Waals surface area contributed by atoms with Crippen LogP contribution in [0.25, 0.3) is 11.3 Å². The van der Waals surface area contributed by atoms with Crippen LogP contribution in [0.3, 0.4) is 0 Å². The van der Waals surface area contributed by atoms with Gasteiger partial charge in [0.2, 0.25) is 0 Å². The molecule has 1 N–H and O–H groups in total.